The molecule has 1 aliphatic heterocycles. The second kappa shape index (κ2) is 6.69. The summed E-state index contributed by atoms with van der Waals surface area (Å²) in [4.78, 5) is 7.26. The molecule has 0 radical (unpaired) electrons. The van der Waals surface area contributed by atoms with Gasteiger partial charge in [-0.05, 0) is 60.2 Å². The number of nitrogens with zero attached hydrogens (tertiary/aromatic N) is 3. The van der Waals surface area contributed by atoms with E-state index >= 15 is 0 Å². The molecule has 1 unspecified atom stereocenters. The van der Waals surface area contributed by atoms with E-state index in [-0.39, 0.29) is 5.54 Å². The van der Waals surface area contributed by atoms with E-state index in [0.717, 1.165) is 26.2 Å². The SMILES string of the molecule is CCN(CCCN(C)C)C1(CN)CCN(C)C1. The molecule has 1 aliphatic rings. The number of rotatable bonds is 7. The van der Waals surface area contributed by atoms with Gasteiger partial charge in [0.05, 0.1) is 0 Å². The summed E-state index contributed by atoms with van der Waals surface area (Å²) >= 11 is 0. The third kappa shape index (κ3) is 3.91. The minimum Gasteiger partial charge on any atom is -0.329 e. The molecule has 0 amide bonds. The van der Waals surface area contributed by atoms with Crippen LogP contribution in [0.25, 0.3) is 0 Å². The van der Waals surface area contributed by atoms with Crippen LogP contribution in [-0.2, 0) is 0 Å². The Balaban J connectivity index is 2.52. The van der Waals surface area contributed by atoms with Gasteiger partial charge in [-0.25, -0.2) is 0 Å². The van der Waals surface area contributed by atoms with Gasteiger partial charge in [-0.15, -0.1) is 0 Å². The fourth-order valence-electron chi connectivity index (χ4n) is 2.92. The van der Waals surface area contributed by atoms with Gasteiger partial charge in [0.15, 0.2) is 0 Å². The van der Waals surface area contributed by atoms with Crippen LogP contribution in [-0.4, -0.2) is 80.7 Å². The maximum atomic E-state index is 6.06. The van der Waals surface area contributed by atoms with Crippen molar-refractivity contribution in [3.8, 4) is 0 Å². The van der Waals surface area contributed by atoms with Gasteiger partial charge in [-0.3, -0.25) is 4.90 Å². The van der Waals surface area contributed by atoms with Crippen LogP contribution in [0.2, 0.25) is 0 Å². The van der Waals surface area contributed by atoms with E-state index < -0.39 is 0 Å². The molecule has 1 atom stereocenters. The predicted octanol–water partition coefficient (Wildman–Crippen LogP) is 0.293. The number of hydrogen-bond donors (Lipinski definition) is 1. The predicted molar refractivity (Wildman–Crippen MR) is 74.3 cm³/mol. The highest BCUT2D eigenvalue weighted by Crippen LogP contribution is 2.26. The smallest absolute Gasteiger partial charge is 0.0470 e. The first-order chi connectivity index (χ1) is 8.04. The highest BCUT2D eigenvalue weighted by Gasteiger charge is 2.39. The van der Waals surface area contributed by atoms with E-state index in [2.05, 4.69) is 42.8 Å². The molecule has 4 nitrogen and oxygen atoms in total. The molecular weight excluding hydrogens is 212 g/mol. The third-order valence-electron chi connectivity index (χ3n) is 3.99. The Labute approximate surface area is 107 Å². The number of nitrogens with two attached hydrogens (primary N) is 1. The zero-order valence-electron chi connectivity index (χ0n) is 12.1. The molecule has 0 aliphatic carbocycles. The number of likely N-dealkylation sites (tertiary alicyclic amines) is 1. The van der Waals surface area contributed by atoms with E-state index in [1.165, 1.54) is 25.9 Å². The summed E-state index contributed by atoms with van der Waals surface area (Å²) in [6.07, 6.45) is 2.45. The van der Waals surface area contributed by atoms with E-state index in [1.807, 2.05) is 0 Å². The summed E-state index contributed by atoms with van der Waals surface area (Å²) in [5.74, 6) is 0. The van der Waals surface area contributed by atoms with E-state index in [1.54, 1.807) is 0 Å². The lowest BCUT2D eigenvalue weighted by Crippen LogP contribution is -2.55. The van der Waals surface area contributed by atoms with Gasteiger partial charge >= 0.3 is 0 Å². The van der Waals surface area contributed by atoms with Crippen molar-refractivity contribution >= 4 is 0 Å². The van der Waals surface area contributed by atoms with Crippen molar-refractivity contribution in [3.05, 3.63) is 0 Å². The minimum atomic E-state index is 0.232. The molecule has 0 spiro atoms. The lowest BCUT2D eigenvalue weighted by molar-refractivity contribution is 0.103. The fourth-order valence-corrected chi connectivity index (χ4v) is 2.92. The second-order valence-electron chi connectivity index (χ2n) is 5.65. The molecule has 0 aromatic carbocycles. The van der Waals surface area contributed by atoms with Crippen molar-refractivity contribution in [2.75, 3.05) is 60.4 Å². The number of hydrogen-bond acceptors (Lipinski definition) is 4. The Hall–Kier alpha value is -0.160. The first kappa shape index (κ1) is 14.9. The maximum Gasteiger partial charge on any atom is 0.0470 e. The van der Waals surface area contributed by atoms with Gasteiger partial charge in [0, 0.05) is 18.6 Å². The van der Waals surface area contributed by atoms with Gasteiger partial charge < -0.3 is 15.5 Å². The van der Waals surface area contributed by atoms with E-state index in [0.29, 0.717) is 0 Å². The molecule has 0 bridgehead atoms. The summed E-state index contributed by atoms with van der Waals surface area (Å²) in [5.41, 5.74) is 6.29. The van der Waals surface area contributed by atoms with Crippen LogP contribution in [0.3, 0.4) is 0 Å². The van der Waals surface area contributed by atoms with Gasteiger partial charge in [0.25, 0.3) is 0 Å². The van der Waals surface area contributed by atoms with Crippen LogP contribution in [0.5, 0.6) is 0 Å². The van der Waals surface area contributed by atoms with Crippen LogP contribution in [0.4, 0.5) is 0 Å². The summed E-state index contributed by atoms with van der Waals surface area (Å²) in [6.45, 7) is 8.78. The van der Waals surface area contributed by atoms with Crippen LogP contribution in [0.15, 0.2) is 0 Å². The van der Waals surface area contributed by atoms with Crippen molar-refractivity contribution < 1.29 is 0 Å². The fraction of sp³-hybridized carbons (Fsp3) is 1.00. The lowest BCUT2D eigenvalue weighted by atomic mass is 9.95. The van der Waals surface area contributed by atoms with Crippen molar-refractivity contribution in [3.63, 3.8) is 0 Å². The lowest BCUT2D eigenvalue weighted by Gasteiger charge is -2.40. The molecule has 2 N–H and O–H groups in total. The molecule has 102 valence electrons. The Morgan fingerprint density at radius 2 is 2.00 bits per heavy atom. The first-order valence-corrected chi connectivity index (χ1v) is 6.82. The second-order valence-corrected chi connectivity index (χ2v) is 5.65. The normalized spacial score (nSPS) is 26.3. The Morgan fingerprint density at radius 1 is 1.29 bits per heavy atom. The average Bonchev–Trinajstić information content (AvgIpc) is 2.67. The summed E-state index contributed by atoms with van der Waals surface area (Å²) < 4.78 is 0. The Kier molecular flexibility index (Phi) is 5.86. The molecule has 0 aromatic rings. The molecule has 0 saturated carbocycles. The van der Waals surface area contributed by atoms with Gasteiger partial charge in [0.2, 0.25) is 0 Å². The van der Waals surface area contributed by atoms with Gasteiger partial charge in [0.1, 0.15) is 0 Å². The van der Waals surface area contributed by atoms with Crippen LogP contribution in [0, 0.1) is 0 Å². The topological polar surface area (TPSA) is 35.7 Å². The molecule has 0 aromatic heterocycles. The summed E-state index contributed by atoms with van der Waals surface area (Å²) in [5, 5.41) is 0. The third-order valence-corrected chi connectivity index (χ3v) is 3.99. The van der Waals surface area contributed by atoms with Crippen LogP contribution >= 0.6 is 0 Å². The molecule has 17 heavy (non-hydrogen) atoms. The maximum absolute atomic E-state index is 6.06. The summed E-state index contributed by atoms with van der Waals surface area (Å²) in [7, 11) is 6.47. The monoisotopic (exact) mass is 242 g/mol. The molecule has 1 heterocycles. The van der Waals surface area contributed by atoms with E-state index in [4.69, 9.17) is 5.73 Å². The highest BCUT2D eigenvalue weighted by atomic mass is 15.3. The molecule has 1 rings (SSSR count). The Bertz CT molecular complexity index is 219. The molecule has 4 heteroatoms. The summed E-state index contributed by atoms with van der Waals surface area (Å²) in [6, 6.07) is 0. The highest BCUT2D eigenvalue weighted by molar-refractivity contribution is 4.99. The van der Waals surface area contributed by atoms with Crippen LogP contribution in [0.1, 0.15) is 19.8 Å². The molecule has 1 saturated heterocycles. The molecular formula is C13H30N4. The van der Waals surface area contributed by atoms with Gasteiger partial charge in [-0.2, -0.15) is 0 Å². The number of likely N-dealkylation sites (N-methyl/N-ethyl adjacent to an activating group) is 2. The average molecular weight is 242 g/mol. The van der Waals surface area contributed by atoms with Crippen molar-refractivity contribution in [2.45, 2.75) is 25.3 Å². The van der Waals surface area contributed by atoms with E-state index in [9.17, 15) is 0 Å². The first-order valence-electron chi connectivity index (χ1n) is 6.82. The van der Waals surface area contributed by atoms with Crippen molar-refractivity contribution in [1.82, 2.24) is 14.7 Å². The zero-order chi connectivity index (χ0) is 12.9. The van der Waals surface area contributed by atoms with Crippen LogP contribution < -0.4 is 5.73 Å². The van der Waals surface area contributed by atoms with Gasteiger partial charge in [-0.1, -0.05) is 6.92 Å². The van der Waals surface area contributed by atoms with Crippen molar-refractivity contribution in [1.29, 1.82) is 0 Å². The Morgan fingerprint density at radius 3 is 2.41 bits per heavy atom. The minimum absolute atomic E-state index is 0.232. The largest absolute Gasteiger partial charge is 0.329 e. The zero-order valence-corrected chi connectivity index (χ0v) is 12.1. The van der Waals surface area contributed by atoms with Crippen molar-refractivity contribution in [2.24, 2.45) is 5.73 Å². The molecule has 1 fully saturated rings. The standard InChI is InChI=1S/C13H30N4/c1-5-17(9-6-8-15(2)3)13(11-14)7-10-16(4)12-13/h5-12,14H2,1-4H3. The quantitative estimate of drug-likeness (QED) is 0.696.